The number of rotatable bonds is 2. The van der Waals surface area contributed by atoms with Crippen LogP contribution in [0.3, 0.4) is 0 Å². The van der Waals surface area contributed by atoms with Crippen molar-refractivity contribution in [3.05, 3.63) is 35.2 Å². The molecule has 1 aromatic heterocycles. The third kappa shape index (κ3) is 2.36. The summed E-state index contributed by atoms with van der Waals surface area (Å²) in [6.45, 7) is 2.90. The highest BCUT2D eigenvalue weighted by Crippen LogP contribution is 2.28. The highest BCUT2D eigenvalue weighted by molar-refractivity contribution is 5.56. The molecule has 1 unspecified atom stereocenters. The predicted octanol–water partition coefficient (Wildman–Crippen LogP) is 1.80. The van der Waals surface area contributed by atoms with Gasteiger partial charge in [-0.15, -0.1) is 0 Å². The van der Waals surface area contributed by atoms with Crippen molar-refractivity contribution in [2.24, 2.45) is 0 Å². The summed E-state index contributed by atoms with van der Waals surface area (Å²) in [4.78, 5) is 6.89. The SMILES string of the molecule is CN1CCNCC1c1noc(-c2ccc3c(c2)CCC3)n1. The fraction of sp³-hybridized carbons (Fsp3) is 0.500. The van der Waals surface area contributed by atoms with Gasteiger partial charge in [-0.05, 0) is 49.6 Å². The van der Waals surface area contributed by atoms with Crippen LogP contribution in [0.1, 0.15) is 29.4 Å². The zero-order valence-corrected chi connectivity index (χ0v) is 12.3. The van der Waals surface area contributed by atoms with E-state index in [9.17, 15) is 0 Å². The maximum atomic E-state index is 5.50. The molecule has 2 aliphatic rings. The van der Waals surface area contributed by atoms with Gasteiger partial charge >= 0.3 is 0 Å². The molecule has 2 heterocycles. The topological polar surface area (TPSA) is 54.2 Å². The molecule has 110 valence electrons. The number of likely N-dealkylation sites (N-methyl/N-ethyl adjacent to an activating group) is 1. The van der Waals surface area contributed by atoms with E-state index < -0.39 is 0 Å². The minimum atomic E-state index is 0.200. The smallest absolute Gasteiger partial charge is 0.257 e. The first-order valence-corrected chi connectivity index (χ1v) is 7.68. The Kier molecular flexibility index (Phi) is 3.24. The summed E-state index contributed by atoms with van der Waals surface area (Å²) in [7, 11) is 2.11. The Hall–Kier alpha value is -1.72. The molecule has 0 radical (unpaired) electrons. The molecule has 4 rings (SSSR count). The van der Waals surface area contributed by atoms with E-state index in [1.807, 2.05) is 0 Å². The van der Waals surface area contributed by atoms with Crippen LogP contribution in [0, 0.1) is 0 Å². The second kappa shape index (κ2) is 5.24. The molecule has 1 aliphatic carbocycles. The van der Waals surface area contributed by atoms with Gasteiger partial charge in [-0.3, -0.25) is 4.90 Å². The van der Waals surface area contributed by atoms with Crippen LogP contribution in [-0.4, -0.2) is 41.7 Å². The number of hydrogen-bond donors (Lipinski definition) is 1. The van der Waals surface area contributed by atoms with E-state index in [2.05, 4.69) is 45.6 Å². The number of nitrogens with one attached hydrogen (secondary N) is 1. The maximum Gasteiger partial charge on any atom is 0.257 e. The molecular weight excluding hydrogens is 264 g/mol. The van der Waals surface area contributed by atoms with Crippen molar-refractivity contribution >= 4 is 0 Å². The number of piperazine rings is 1. The van der Waals surface area contributed by atoms with Crippen molar-refractivity contribution in [1.29, 1.82) is 0 Å². The number of hydrogen-bond acceptors (Lipinski definition) is 5. The molecule has 0 spiro atoms. The molecular formula is C16H20N4O. The largest absolute Gasteiger partial charge is 0.334 e. The van der Waals surface area contributed by atoms with Gasteiger partial charge in [0.05, 0.1) is 6.04 Å². The van der Waals surface area contributed by atoms with Gasteiger partial charge in [-0.25, -0.2) is 0 Å². The van der Waals surface area contributed by atoms with Crippen LogP contribution in [0.15, 0.2) is 22.7 Å². The van der Waals surface area contributed by atoms with Gasteiger partial charge < -0.3 is 9.84 Å². The number of aryl methyl sites for hydroxylation is 2. The number of nitrogens with zero attached hydrogens (tertiary/aromatic N) is 3. The van der Waals surface area contributed by atoms with Crippen LogP contribution < -0.4 is 5.32 Å². The van der Waals surface area contributed by atoms with Gasteiger partial charge in [-0.2, -0.15) is 4.98 Å². The fourth-order valence-corrected chi connectivity index (χ4v) is 3.29. The third-order valence-electron chi connectivity index (χ3n) is 4.60. The lowest BCUT2D eigenvalue weighted by atomic mass is 10.1. The predicted molar refractivity (Wildman–Crippen MR) is 80.0 cm³/mol. The van der Waals surface area contributed by atoms with Gasteiger partial charge in [0.2, 0.25) is 0 Å². The van der Waals surface area contributed by atoms with E-state index in [-0.39, 0.29) is 6.04 Å². The first-order chi connectivity index (χ1) is 10.3. The summed E-state index contributed by atoms with van der Waals surface area (Å²) in [6.07, 6.45) is 3.62. The van der Waals surface area contributed by atoms with Crippen molar-refractivity contribution in [3.8, 4) is 11.5 Å². The molecule has 1 aliphatic heterocycles. The lowest BCUT2D eigenvalue weighted by Gasteiger charge is -2.30. The van der Waals surface area contributed by atoms with Crippen LogP contribution in [0.4, 0.5) is 0 Å². The molecule has 0 saturated carbocycles. The molecule has 5 heteroatoms. The quantitative estimate of drug-likeness (QED) is 0.911. The first-order valence-electron chi connectivity index (χ1n) is 7.68. The molecule has 5 nitrogen and oxygen atoms in total. The molecule has 1 aromatic carbocycles. The van der Waals surface area contributed by atoms with E-state index in [4.69, 9.17) is 4.52 Å². The molecule has 0 amide bonds. The highest BCUT2D eigenvalue weighted by Gasteiger charge is 2.25. The van der Waals surface area contributed by atoms with E-state index >= 15 is 0 Å². The van der Waals surface area contributed by atoms with Crippen molar-refractivity contribution < 1.29 is 4.52 Å². The second-order valence-corrected chi connectivity index (χ2v) is 6.00. The van der Waals surface area contributed by atoms with Crippen LogP contribution in [0.5, 0.6) is 0 Å². The maximum absolute atomic E-state index is 5.50. The fourth-order valence-electron chi connectivity index (χ4n) is 3.29. The van der Waals surface area contributed by atoms with E-state index in [0.29, 0.717) is 5.89 Å². The van der Waals surface area contributed by atoms with Gasteiger partial charge in [-0.1, -0.05) is 11.2 Å². The van der Waals surface area contributed by atoms with Crippen molar-refractivity contribution in [2.75, 3.05) is 26.7 Å². The number of aromatic nitrogens is 2. The summed E-state index contributed by atoms with van der Waals surface area (Å²) in [5.74, 6) is 1.42. The minimum absolute atomic E-state index is 0.200. The highest BCUT2D eigenvalue weighted by atomic mass is 16.5. The summed E-state index contributed by atoms with van der Waals surface area (Å²) >= 11 is 0. The van der Waals surface area contributed by atoms with Gasteiger partial charge in [0.25, 0.3) is 5.89 Å². The Morgan fingerprint density at radius 1 is 1.29 bits per heavy atom. The normalized spacial score (nSPS) is 22.4. The van der Waals surface area contributed by atoms with E-state index in [0.717, 1.165) is 31.0 Å². The monoisotopic (exact) mass is 284 g/mol. The van der Waals surface area contributed by atoms with E-state index in [1.165, 1.54) is 30.4 Å². The zero-order chi connectivity index (χ0) is 14.2. The van der Waals surface area contributed by atoms with Gasteiger partial charge in [0.1, 0.15) is 0 Å². The van der Waals surface area contributed by atoms with Gasteiger partial charge in [0.15, 0.2) is 5.82 Å². The molecule has 1 atom stereocenters. The van der Waals surface area contributed by atoms with Crippen LogP contribution in [0.25, 0.3) is 11.5 Å². The van der Waals surface area contributed by atoms with Gasteiger partial charge in [0, 0.05) is 25.2 Å². The Balaban J connectivity index is 1.62. The number of fused-ring (bicyclic) bond motifs is 1. The van der Waals surface area contributed by atoms with Crippen molar-refractivity contribution in [3.63, 3.8) is 0 Å². The first kappa shape index (κ1) is 13.0. The molecule has 1 saturated heterocycles. The van der Waals surface area contributed by atoms with E-state index in [1.54, 1.807) is 0 Å². The number of benzene rings is 1. The lowest BCUT2D eigenvalue weighted by Crippen LogP contribution is -2.44. The molecule has 21 heavy (non-hydrogen) atoms. The Morgan fingerprint density at radius 2 is 2.19 bits per heavy atom. The summed E-state index contributed by atoms with van der Waals surface area (Å²) < 4.78 is 5.50. The Labute approximate surface area is 124 Å². The lowest BCUT2D eigenvalue weighted by molar-refractivity contribution is 0.190. The Morgan fingerprint density at radius 3 is 3.10 bits per heavy atom. The van der Waals surface area contributed by atoms with Crippen molar-refractivity contribution in [1.82, 2.24) is 20.4 Å². The summed E-state index contributed by atoms with van der Waals surface area (Å²) in [5.41, 5.74) is 3.94. The van der Waals surface area contributed by atoms with Crippen LogP contribution in [0.2, 0.25) is 0 Å². The summed E-state index contributed by atoms with van der Waals surface area (Å²) in [5, 5.41) is 7.58. The molecule has 2 aromatic rings. The van der Waals surface area contributed by atoms with Crippen molar-refractivity contribution in [2.45, 2.75) is 25.3 Å². The summed E-state index contributed by atoms with van der Waals surface area (Å²) in [6, 6.07) is 6.72. The molecule has 1 fully saturated rings. The average molecular weight is 284 g/mol. The minimum Gasteiger partial charge on any atom is -0.334 e. The standard InChI is InChI=1S/C16H20N4O/c1-20-8-7-17-10-14(20)15-18-16(21-19-15)13-6-5-11-3-2-4-12(11)9-13/h5-6,9,14,17H,2-4,7-8,10H2,1H3. The van der Waals surface area contributed by atoms with Crippen LogP contribution in [-0.2, 0) is 12.8 Å². The zero-order valence-electron chi connectivity index (χ0n) is 12.3. The Bertz CT molecular complexity index is 651. The molecule has 1 N–H and O–H groups in total. The second-order valence-electron chi connectivity index (χ2n) is 6.00. The van der Waals surface area contributed by atoms with Crippen LogP contribution >= 0.6 is 0 Å². The third-order valence-corrected chi connectivity index (χ3v) is 4.60. The molecule has 0 bridgehead atoms. The average Bonchev–Trinajstić information content (AvgIpc) is 3.16.